The number of nitrogens with one attached hydrogen (secondary N) is 1. The zero-order valence-corrected chi connectivity index (χ0v) is 9.62. The lowest BCUT2D eigenvalue weighted by Gasteiger charge is -2.25. The first-order valence-corrected chi connectivity index (χ1v) is 5.43. The van der Waals surface area contributed by atoms with Crippen LogP contribution < -0.4 is 5.32 Å². The summed E-state index contributed by atoms with van der Waals surface area (Å²) in [5.74, 6) is -0.876. The summed E-state index contributed by atoms with van der Waals surface area (Å²) in [7, 11) is 0. The molecule has 0 amide bonds. The molecular formula is C12H12F3NO2. The SMILES string of the molecule is CC1(C(F)(F)F)N[C@@H](Cc2ccccc2)C(=O)O1. The Hall–Kier alpha value is -1.56. The minimum atomic E-state index is -4.63. The lowest BCUT2D eigenvalue weighted by Crippen LogP contribution is -2.53. The number of carbonyl (C=O) groups is 1. The maximum atomic E-state index is 12.7. The van der Waals surface area contributed by atoms with Crippen molar-refractivity contribution in [2.45, 2.75) is 31.3 Å². The van der Waals surface area contributed by atoms with Crippen LogP contribution in [-0.4, -0.2) is 23.9 Å². The molecule has 0 saturated carbocycles. The van der Waals surface area contributed by atoms with Gasteiger partial charge in [-0.05, 0) is 18.9 Å². The third-order valence-corrected chi connectivity index (χ3v) is 2.86. The zero-order chi connectivity index (χ0) is 13.4. The molecule has 1 aliphatic heterocycles. The molecule has 1 N–H and O–H groups in total. The maximum Gasteiger partial charge on any atom is 0.442 e. The van der Waals surface area contributed by atoms with Crippen molar-refractivity contribution in [1.29, 1.82) is 0 Å². The number of cyclic esters (lactones) is 1. The summed E-state index contributed by atoms with van der Waals surface area (Å²) in [6.45, 7) is 0.815. The molecule has 6 heteroatoms. The van der Waals surface area contributed by atoms with Crippen LogP contribution in [0.25, 0.3) is 0 Å². The van der Waals surface area contributed by atoms with Crippen LogP contribution in [0, 0.1) is 0 Å². The molecule has 1 unspecified atom stereocenters. The Bertz CT molecular complexity index is 446. The van der Waals surface area contributed by atoms with Gasteiger partial charge in [0, 0.05) is 0 Å². The van der Waals surface area contributed by atoms with Gasteiger partial charge in [-0.25, -0.2) is 0 Å². The number of ether oxygens (including phenoxy) is 1. The van der Waals surface area contributed by atoms with Gasteiger partial charge in [0.1, 0.15) is 6.04 Å². The highest BCUT2D eigenvalue weighted by molar-refractivity contribution is 5.79. The van der Waals surface area contributed by atoms with Crippen LogP contribution in [0.3, 0.4) is 0 Å². The van der Waals surface area contributed by atoms with Crippen LogP contribution in [0.2, 0.25) is 0 Å². The molecule has 1 aliphatic rings. The second-order valence-corrected chi connectivity index (χ2v) is 4.34. The third-order valence-electron chi connectivity index (χ3n) is 2.86. The van der Waals surface area contributed by atoms with Crippen molar-refractivity contribution in [2.24, 2.45) is 0 Å². The molecule has 18 heavy (non-hydrogen) atoms. The van der Waals surface area contributed by atoms with E-state index in [0.717, 1.165) is 12.5 Å². The number of hydrogen-bond donors (Lipinski definition) is 1. The highest BCUT2D eigenvalue weighted by Crippen LogP contribution is 2.35. The average molecular weight is 259 g/mol. The fourth-order valence-electron chi connectivity index (χ4n) is 1.82. The van der Waals surface area contributed by atoms with E-state index < -0.39 is 23.9 Å². The molecule has 2 rings (SSSR count). The Morgan fingerprint density at radius 1 is 1.33 bits per heavy atom. The van der Waals surface area contributed by atoms with E-state index in [1.165, 1.54) is 0 Å². The molecule has 1 saturated heterocycles. The summed E-state index contributed by atoms with van der Waals surface area (Å²) in [4.78, 5) is 11.5. The summed E-state index contributed by atoms with van der Waals surface area (Å²) < 4.78 is 42.5. The number of benzene rings is 1. The molecule has 0 bridgehead atoms. The van der Waals surface area contributed by atoms with E-state index in [2.05, 4.69) is 10.1 Å². The molecule has 1 aromatic rings. The van der Waals surface area contributed by atoms with Crippen molar-refractivity contribution in [3.63, 3.8) is 0 Å². The smallest absolute Gasteiger partial charge is 0.433 e. The fourth-order valence-corrected chi connectivity index (χ4v) is 1.82. The van der Waals surface area contributed by atoms with Crippen molar-refractivity contribution < 1.29 is 22.7 Å². The number of hydrogen-bond acceptors (Lipinski definition) is 3. The van der Waals surface area contributed by atoms with E-state index in [0.29, 0.717) is 0 Å². The molecule has 0 aromatic heterocycles. The molecule has 2 atom stereocenters. The van der Waals surface area contributed by atoms with E-state index in [4.69, 9.17) is 0 Å². The predicted molar refractivity (Wildman–Crippen MR) is 57.6 cm³/mol. The molecule has 0 aliphatic carbocycles. The van der Waals surface area contributed by atoms with Crippen LogP contribution >= 0.6 is 0 Å². The summed E-state index contributed by atoms with van der Waals surface area (Å²) in [5.41, 5.74) is -1.82. The highest BCUT2D eigenvalue weighted by Gasteiger charge is 2.60. The topological polar surface area (TPSA) is 38.3 Å². The maximum absolute atomic E-state index is 12.7. The van der Waals surface area contributed by atoms with Gasteiger partial charge in [0.25, 0.3) is 5.72 Å². The molecule has 0 radical (unpaired) electrons. The molecule has 98 valence electrons. The number of halogens is 3. The quantitative estimate of drug-likeness (QED) is 0.826. The minimum Gasteiger partial charge on any atom is -0.433 e. The van der Waals surface area contributed by atoms with E-state index in [9.17, 15) is 18.0 Å². The van der Waals surface area contributed by atoms with Crippen LogP contribution in [0.5, 0.6) is 0 Å². The van der Waals surface area contributed by atoms with Crippen molar-refractivity contribution >= 4 is 5.97 Å². The predicted octanol–water partition coefficient (Wildman–Crippen LogP) is 2.02. The molecular weight excluding hydrogens is 247 g/mol. The molecule has 1 fully saturated rings. The molecule has 0 spiro atoms. The van der Waals surface area contributed by atoms with Gasteiger partial charge >= 0.3 is 12.1 Å². The van der Waals surface area contributed by atoms with Gasteiger partial charge in [0.15, 0.2) is 0 Å². The lowest BCUT2D eigenvalue weighted by atomic mass is 10.1. The number of esters is 1. The van der Waals surface area contributed by atoms with E-state index in [-0.39, 0.29) is 6.42 Å². The van der Waals surface area contributed by atoms with Crippen LogP contribution in [-0.2, 0) is 16.0 Å². The molecule has 1 heterocycles. The summed E-state index contributed by atoms with van der Waals surface area (Å²) in [5, 5.41) is 2.21. The van der Waals surface area contributed by atoms with Crippen molar-refractivity contribution in [1.82, 2.24) is 5.32 Å². The van der Waals surface area contributed by atoms with E-state index >= 15 is 0 Å². The third kappa shape index (κ3) is 2.33. The second-order valence-electron chi connectivity index (χ2n) is 4.34. The fraction of sp³-hybridized carbons (Fsp3) is 0.417. The van der Waals surface area contributed by atoms with Gasteiger partial charge in [-0.3, -0.25) is 10.1 Å². The normalized spacial score (nSPS) is 28.2. The van der Waals surface area contributed by atoms with Gasteiger partial charge in [0.05, 0.1) is 0 Å². The first kappa shape index (κ1) is 12.9. The largest absolute Gasteiger partial charge is 0.442 e. The average Bonchev–Trinajstić information content (AvgIpc) is 2.56. The Kier molecular flexibility index (Phi) is 3.06. The number of rotatable bonds is 2. The van der Waals surface area contributed by atoms with Gasteiger partial charge in [-0.15, -0.1) is 0 Å². The summed E-state index contributed by atoms with van der Waals surface area (Å²) in [6.07, 6.45) is -4.46. The van der Waals surface area contributed by atoms with Gasteiger partial charge in [0.2, 0.25) is 0 Å². The van der Waals surface area contributed by atoms with Crippen LogP contribution in [0.1, 0.15) is 12.5 Å². The van der Waals surface area contributed by atoms with E-state index in [1.54, 1.807) is 30.3 Å². The molecule has 3 nitrogen and oxygen atoms in total. The monoisotopic (exact) mass is 259 g/mol. The highest BCUT2D eigenvalue weighted by atomic mass is 19.4. The van der Waals surface area contributed by atoms with Gasteiger partial charge in [-0.1, -0.05) is 30.3 Å². The Morgan fingerprint density at radius 2 is 1.94 bits per heavy atom. The Morgan fingerprint density at radius 3 is 2.44 bits per heavy atom. The summed E-state index contributed by atoms with van der Waals surface area (Å²) >= 11 is 0. The standard InChI is InChI=1S/C12H12F3NO2/c1-11(12(13,14)15)16-9(10(17)18-11)7-8-5-3-2-4-6-8/h2-6,9,16H,7H2,1H3/t9-,11?/m0/s1. The van der Waals surface area contributed by atoms with Crippen molar-refractivity contribution in [3.05, 3.63) is 35.9 Å². The Labute approximate surface area is 102 Å². The van der Waals surface area contributed by atoms with Crippen LogP contribution in [0.15, 0.2) is 30.3 Å². The first-order chi connectivity index (χ1) is 8.32. The van der Waals surface area contributed by atoms with E-state index in [1.807, 2.05) is 0 Å². The zero-order valence-electron chi connectivity index (χ0n) is 9.62. The molecule has 1 aromatic carbocycles. The Balaban J connectivity index is 2.11. The van der Waals surface area contributed by atoms with Gasteiger partial charge in [-0.2, -0.15) is 13.2 Å². The van der Waals surface area contributed by atoms with Crippen LogP contribution in [0.4, 0.5) is 13.2 Å². The van der Waals surface area contributed by atoms with Gasteiger partial charge < -0.3 is 4.74 Å². The van der Waals surface area contributed by atoms with Crippen molar-refractivity contribution in [3.8, 4) is 0 Å². The summed E-state index contributed by atoms with van der Waals surface area (Å²) in [6, 6.07) is 7.84. The van der Waals surface area contributed by atoms with Crippen molar-refractivity contribution in [2.75, 3.05) is 0 Å². The first-order valence-electron chi connectivity index (χ1n) is 5.43. The number of alkyl halides is 3. The second kappa shape index (κ2) is 4.28. The lowest BCUT2D eigenvalue weighted by molar-refractivity contribution is -0.259. The minimum absolute atomic E-state index is 0.172. The number of carbonyl (C=O) groups excluding carboxylic acids is 1.